The van der Waals surface area contributed by atoms with E-state index in [1.807, 2.05) is 0 Å². The molecule has 0 saturated heterocycles. The number of aromatic nitrogens is 2. The van der Waals surface area contributed by atoms with E-state index in [1.165, 1.54) is 23.5 Å². The van der Waals surface area contributed by atoms with Gasteiger partial charge in [0.15, 0.2) is 0 Å². The lowest BCUT2D eigenvalue weighted by Gasteiger charge is -2.15. The van der Waals surface area contributed by atoms with E-state index in [1.54, 1.807) is 18.2 Å². The monoisotopic (exact) mass is 354 g/mol. The summed E-state index contributed by atoms with van der Waals surface area (Å²) in [5, 5.41) is 2.89. The maximum Gasteiger partial charge on any atom is 0.289 e. The summed E-state index contributed by atoms with van der Waals surface area (Å²) in [5.41, 5.74) is 9.02. The van der Waals surface area contributed by atoms with Crippen LogP contribution in [0.5, 0.6) is 0 Å². The van der Waals surface area contributed by atoms with Crippen molar-refractivity contribution in [2.45, 2.75) is 0 Å². The topological polar surface area (TPSA) is 120 Å². The van der Waals surface area contributed by atoms with Crippen LogP contribution in [0.1, 0.15) is 0 Å². The third-order valence-electron chi connectivity index (χ3n) is 3.16. The fraction of sp³-hybridized carbons (Fsp3) is 0.167. The summed E-state index contributed by atoms with van der Waals surface area (Å²) in [6.07, 6.45) is 0. The van der Waals surface area contributed by atoms with Crippen molar-refractivity contribution in [1.29, 1.82) is 0 Å². The van der Waals surface area contributed by atoms with E-state index in [4.69, 9.17) is 11.6 Å². The van der Waals surface area contributed by atoms with Gasteiger partial charge in [0.2, 0.25) is 0 Å². The van der Waals surface area contributed by atoms with Gasteiger partial charge in [0.1, 0.15) is 10.2 Å². The van der Waals surface area contributed by atoms with Crippen LogP contribution in [-0.2, 0) is 14.1 Å². The van der Waals surface area contributed by atoms with Gasteiger partial charge in [0.05, 0.1) is 17.1 Å². The van der Waals surface area contributed by atoms with Gasteiger partial charge in [0, 0.05) is 14.1 Å². The minimum absolute atomic E-state index is 0.114. The van der Waals surface area contributed by atoms with E-state index >= 15 is 0 Å². The van der Waals surface area contributed by atoms with Crippen molar-refractivity contribution in [3.8, 4) is 0 Å². The Morgan fingerprint density at radius 2 is 1.71 bits per heavy atom. The molecule has 0 fully saturated rings. The molecule has 112 valence electrons. The Bertz CT molecular complexity index is 811. The molecule has 1 heterocycles. The smallest absolute Gasteiger partial charge is 0.289 e. The first kappa shape index (κ1) is 15.1. The van der Waals surface area contributed by atoms with E-state index in [-0.39, 0.29) is 21.3 Å². The summed E-state index contributed by atoms with van der Waals surface area (Å²) in [4.78, 5) is 24.3. The van der Waals surface area contributed by atoms with E-state index < -0.39 is 0 Å². The molecule has 0 saturated carbocycles. The van der Waals surface area contributed by atoms with Gasteiger partial charge >= 0.3 is 0 Å². The molecule has 1 aromatic carbocycles. The van der Waals surface area contributed by atoms with Crippen molar-refractivity contribution >= 4 is 38.7 Å². The second kappa shape index (κ2) is 5.62. The summed E-state index contributed by atoms with van der Waals surface area (Å²) in [5.74, 6) is 5.43. The van der Waals surface area contributed by atoms with Crippen molar-refractivity contribution in [3.63, 3.8) is 0 Å². The van der Waals surface area contributed by atoms with E-state index in [9.17, 15) is 9.59 Å². The van der Waals surface area contributed by atoms with Crippen molar-refractivity contribution in [2.24, 2.45) is 19.9 Å². The minimum Gasteiger partial charge on any atom is -0.397 e. The molecule has 0 aliphatic rings. The van der Waals surface area contributed by atoms with E-state index in [0.29, 0.717) is 17.1 Å². The Morgan fingerprint density at radius 1 is 1.10 bits per heavy atom. The molecule has 0 unspecified atom stereocenters. The molecule has 21 heavy (non-hydrogen) atoms. The largest absolute Gasteiger partial charge is 0.397 e. The number of hydrogen-bond acceptors (Lipinski definition) is 6. The van der Waals surface area contributed by atoms with Crippen molar-refractivity contribution < 1.29 is 0 Å². The van der Waals surface area contributed by atoms with Crippen LogP contribution in [-0.4, -0.2) is 9.36 Å². The normalized spacial score (nSPS) is 10.5. The number of hydrazine groups is 1. The maximum atomic E-state index is 12.3. The Labute approximate surface area is 128 Å². The summed E-state index contributed by atoms with van der Waals surface area (Å²) < 4.78 is 2.55. The van der Waals surface area contributed by atoms with Crippen LogP contribution < -0.4 is 33.4 Å². The molecule has 0 aliphatic carbocycles. The van der Waals surface area contributed by atoms with Crippen LogP contribution in [0, 0.1) is 0 Å². The average molecular weight is 355 g/mol. The standard InChI is InChI=1S/C12H15BrN6O2/c1-18-11(20)8(13)10(12(21)19(18)2)16-7-5-3-4-6(14)9(7)17-15/h3-5,16-17H,14-15H2,1-2H3. The molecule has 8 nitrogen and oxygen atoms in total. The summed E-state index contributed by atoms with van der Waals surface area (Å²) in [6, 6.07) is 5.06. The maximum absolute atomic E-state index is 12.3. The van der Waals surface area contributed by atoms with Crippen molar-refractivity contribution in [3.05, 3.63) is 43.4 Å². The molecule has 2 aromatic rings. The fourth-order valence-corrected chi connectivity index (χ4v) is 2.38. The van der Waals surface area contributed by atoms with Crippen LogP contribution >= 0.6 is 15.9 Å². The van der Waals surface area contributed by atoms with Gasteiger partial charge in [0.25, 0.3) is 11.1 Å². The highest BCUT2D eigenvalue weighted by molar-refractivity contribution is 9.10. The summed E-state index contributed by atoms with van der Waals surface area (Å²) in [6.45, 7) is 0. The van der Waals surface area contributed by atoms with Gasteiger partial charge in [-0.05, 0) is 28.1 Å². The molecule has 0 spiro atoms. The summed E-state index contributed by atoms with van der Waals surface area (Å²) >= 11 is 3.15. The molecule has 2 rings (SSSR count). The molecule has 1 aromatic heterocycles. The number of para-hydroxylation sites is 1. The van der Waals surface area contributed by atoms with Gasteiger partial charge in [-0.2, -0.15) is 0 Å². The lowest BCUT2D eigenvalue weighted by Crippen LogP contribution is -2.36. The second-order valence-corrected chi connectivity index (χ2v) is 5.18. The molecule has 0 amide bonds. The van der Waals surface area contributed by atoms with Crippen LogP contribution in [0.15, 0.2) is 32.3 Å². The molecule has 9 heteroatoms. The van der Waals surface area contributed by atoms with Gasteiger partial charge in [-0.25, -0.2) is 9.36 Å². The Balaban J connectivity index is 2.64. The number of nitrogens with two attached hydrogens (primary N) is 2. The zero-order valence-corrected chi connectivity index (χ0v) is 13.1. The number of nitrogen functional groups attached to an aromatic ring is 2. The number of nitrogens with zero attached hydrogens (tertiary/aromatic N) is 2. The lowest BCUT2D eigenvalue weighted by molar-refractivity contribution is 0.533. The first-order valence-electron chi connectivity index (χ1n) is 5.96. The molecule has 0 atom stereocenters. The minimum atomic E-state index is -0.366. The van der Waals surface area contributed by atoms with Crippen LogP contribution in [0.2, 0.25) is 0 Å². The molecule has 0 radical (unpaired) electrons. The third-order valence-corrected chi connectivity index (χ3v) is 3.90. The Morgan fingerprint density at radius 3 is 2.33 bits per heavy atom. The van der Waals surface area contributed by atoms with Crippen LogP contribution in [0.3, 0.4) is 0 Å². The fourth-order valence-electron chi connectivity index (χ4n) is 1.86. The molecule has 0 bridgehead atoms. The lowest BCUT2D eigenvalue weighted by atomic mass is 10.2. The first-order chi connectivity index (χ1) is 9.88. The number of benzene rings is 1. The second-order valence-electron chi connectivity index (χ2n) is 4.39. The zero-order valence-electron chi connectivity index (χ0n) is 11.5. The number of hydrogen-bond donors (Lipinski definition) is 4. The number of nitrogens with one attached hydrogen (secondary N) is 2. The van der Waals surface area contributed by atoms with Gasteiger partial charge < -0.3 is 16.5 Å². The SMILES string of the molecule is Cn1c(=O)c(Br)c(Nc2cccc(N)c2NN)c(=O)n1C. The molecule has 0 aliphatic heterocycles. The number of halogens is 1. The predicted octanol–water partition coefficient (Wildman–Crippen LogP) is 0.458. The first-order valence-corrected chi connectivity index (χ1v) is 6.75. The van der Waals surface area contributed by atoms with Gasteiger partial charge in [-0.1, -0.05) is 6.07 Å². The van der Waals surface area contributed by atoms with Gasteiger partial charge in [-0.15, -0.1) is 0 Å². The van der Waals surface area contributed by atoms with E-state index in [0.717, 1.165) is 0 Å². The van der Waals surface area contributed by atoms with Gasteiger partial charge in [-0.3, -0.25) is 15.4 Å². The zero-order chi connectivity index (χ0) is 15.7. The molecule has 6 N–H and O–H groups in total. The Hall–Kier alpha value is -2.26. The molecular weight excluding hydrogens is 340 g/mol. The average Bonchev–Trinajstić information content (AvgIpc) is 2.47. The number of anilines is 4. The van der Waals surface area contributed by atoms with E-state index in [2.05, 4.69) is 26.7 Å². The predicted molar refractivity (Wildman–Crippen MR) is 86.6 cm³/mol. The highest BCUT2D eigenvalue weighted by atomic mass is 79.9. The number of rotatable bonds is 3. The van der Waals surface area contributed by atoms with Crippen molar-refractivity contribution in [1.82, 2.24) is 9.36 Å². The highest BCUT2D eigenvalue weighted by Crippen LogP contribution is 2.30. The quantitative estimate of drug-likeness (QED) is 0.361. The highest BCUT2D eigenvalue weighted by Gasteiger charge is 2.15. The third kappa shape index (κ3) is 2.52. The molecular formula is C12H15BrN6O2. The summed E-state index contributed by atoms with van der Waals surface area (Å²) in [7, 11) is 3.01. The Kier molecular flexibility index (Phi) is 4.05. The van der Waals surface area contributed by atoms with Crippen LogP contribution in [0.4, 0.5) is 22.7 Å². The van der Waals surface area contributed by atoms with Crippen LogP contribution in [0.25, 0.3) is 0 Å². The van der Waals surface area contributed by atoms with Crippen molar-refractivity contribution in [2.75, 3.05) is 16.5 Å².